The molecule has 108 valence electrons. The zero-order valence-electron chi connectivity index (χ0n) is 12.6. The van der Waals surface area contributed by atoms with E-state index in [0.717, 1.165) is 26.1 Å². The van der Waals surface area contributed by atoms with Crippen LogP contribution in [0.1, 0.15) is 32.8 Å². The predicted octanol–water partition coefficient (Wildman–Crippen LogP) is 2.29. The zero-order valence-corrected chi connectivity index (χ0v) is 12.6. The van der Waals surface area contributed by atoms with Crippen molar-refractivity contribution in [1.29, 1.82) is 0 Å². The summed E-state index contributed by atoms with van der Waals surface area (Å²) in [5.41, 5.74) is 7.18. The number of aromatic nitrogens is 1. The number of nitrogens with zero attached hydrogens (tertiary/aromatic N) is 2. The first-order valence-corrected chi connectivity index (χ1v) is 6.92. The van der Waals surface area contributed by atoms with Crippen LogP contribution in [0.25, 0.3) is 0 Å². The van der Waals surface area contributed by atoms with Crippen molar-refractivity contribution in [3.8, 4) is 5.88 Å². The molecular formula is C15H27N3O. The molecule has 19 heavy (non-hydrogen) atoms. The van der Waals surface area contributed by atoms with E-state index in [9.17, 15) is 0 Å². The molecule has 1 heterocycles. The summed E-state index contributed by atoms with van der Waals surface area (Å²) in [6, 6.07) is 3.98. The second-order valence-electron chi connectivity index (χ2n) is 5.79. The lowest BCUT2D eigenvalue weighted by Crippen LogP contribution is -2.38. The number of pyridine rings is 1. The standard InChI is InChI=1S/C15H27N3O/c1-5-8-18(12-15(2,3)11-16)10-13-6-7-14(19-4)17-9-13/h6-7,9H,5,8,10-12,16H2,1-4H3. The van der Waals surface area contributed by atoms with Crippen molar-refractivity contribution < 1.29 is 4.74 Å². The molecule has 0 radical (unpaired) electrons. The summed E-state index contributed by atoms with van der Waals surface area (Å²) >= 11 is 0. The minimum absolute atomic E-state index is 0.148. The summed E-state index contributed by atoms with van der Waals surface area (Å²) in [7, 11) is 1.63. The molecule has 1 aromatic heterocycles. The van der Waals surface area contributed by atoms with Gasteiger partial charge in [-0.3, -0.25) is 4.90 Å². The van der Waals surface area contributed by atoms with Gasteiger partial charge < -0.3 is 10.5 Å². The fourth-order valence-corrected chi connectivity index (χ4v) is 2.08. The second kappa shape index (κ2) is 7.46. The molecule has 0 spiro atoms. The number of nitrogens with two attached hydrogens (primary N) is 1. The maximum atomic E-state index is 5.83. The highest BCUT2D eigenvalue weighted by atomic mass is 16.5. The van der Waals surface area contributed by atoms with E-state index in [1.165, 1.54) is 5.56 Å². The molecular weight excluding hydrogens is 238 g/mol. The van der Waals surface area contributed by atoms with Gasteiger partial charge in [0.15, 0.2) is 0 Å². The largest absolute Gasteiger partial charge is 0.481 e. The van der Waals surface area contributed by atoms with Crippen molar-refractivity contribution in [2.75, 3.05) is 26.7 Å². The molecule has 4 nitrogen and oxygen atoms in total. The minimum Gasteiger partial charge on any atom is -0.481 e. The topological polar surface area (TPSA) is 51.4 Å². The Kier molecular flexibility index (Phi) is 6.25. The third-order valence-corrected chi connectivity index (χ3v) is 3.16. The lowest BCUT2D eigenvalue weighted by molar-refractivity contribution is 0.175. The maximum Gasteiger partial charge on any atom is 0.212 e. The van der Waals surface area contributed by atoms with E-state index in [1.807, 2.05) is 12.3 Å². The molecule has 0 aromatic carbocycles. The quantitative estimate of drug-likeness (QED) is 0.783. The van der Waals surface area contributed by atoms with Gasteiger partial charge in [-0.15, -0.1) is 0 Å². The molecule has 0 unspecified atom stereocenters. The van der Waals surface area contributed by atoms with Crippen LogP contribution in [0.3, 0.4) is 0 Å². The van der Waals surface area contributed by atoms with E-state index < -0.39 is 0 Å². The maximum absolute atomic E-state index is 5.83. The Morgan fingerprint density at radius 1 is 1.37 bits per heavy atom. The molecule has 0 aliphatic heterocycles. The van der Waals surface area contributed by atoms with Gasteiger partial charge in [-0.2, -0.15) is 0 Å². The molecule has 0 saturated heterocycles. The highest BCUT2D eigenvalue weighted by Crippen LogP contribution is 2.17. The first-order valence-electron chi connectivity index (χ1n) is 6.92. The molecule has 1 rings (SSSR count). The zero-order chi connectivity index (χ0) is 14.3. The fraction of sp³-hybridized carbons (Fsp3) is 0.667. The van der Waals surface area contributed by atoms with Crippen LogP contribution >= 0.6 is 0 Å². The molecule has 0 amide bonds. The third kappa shape index (κ3) is 5.57. The summed E-state index contributed by atoms with van der Waals surface area (Å²) in [6.07, 6.45) is 3.03. The van der Waals surface area contributed by atoms with Crippen molar-refractivity contribution in [3.05, 3.63) is 23.9 Å². The first-order chi connectivity index (χ1) is 9.00. The lowest BCUT2D eigenvalue weighted by Gasteiger charge is -2.31. The first kappa shape index (κ1) is 15.9. The second-order valence-corrected chi connectivity index (χ2v) is 5.79. The molecule has 0 bridgehead atoms. The van der Waals surface area contributed by atoms with Crippen molar-refractivity contribution >= 4 is 0 Å². The van der Waals surface area contributed by atoms with Gasteiger partial charge in [0, 0.05) is 25.4 Å². The molecule has 1 aromatic rings. The Morgan fingerprint density at radius 2 is 2.11 bits per heavy atom. The third-order valence-electron chi connectivity index (χ3n) is 3.16. The van der Waals surface area contributed by atoms with E-state index in [4.69, 9.17) is 10.5 Å². The van der Waals surface area contributed by atoms with Gasteiger partial charge in [-0.05, 0) is 30.5 Å². The van der Waals surface area contributed by atoms with Crippen molar-refractivity contribution in [1.82, 2.24) is 9.88 Å². The van der Waals surface area contributed by atoms with Crippen LogP contribution in [0.4, 0.5) is 0 Å². The summed E-state index contributed by atoms with van der Waals surface area (Å²) < 4.78 is 5.08. The van der Waals surface area contributed by atoms with Crippen LogP contribution in [-0.4, -0.2) is 36.6 Å². The molecule has 0 atom stereocenters. The molecule has 4 heteroatoms. The average Bonchev–Trinajstić information content (AvgIpc) is 2.39. The fourth-order valence-electron chi connectivity index (χ4n) is 2.08. The van der Waals surface area contributed by atoms with Gasteiger partial charge in [-0.1, -0.05) is 26.8 Å². The molecule has 0 aliphatic rings. The summed E-state index contributed by atoms with van der Waals surface area (Å²) in [6.45, 7) is 10.3. The van der Waals surface area contributed by atoms with E-state index in [0.29, 0.717) is 12.4 Å². The Bertz CT molecular complexity index is 362. The Morgan fingerprint density at radius 3 is 2.58 bits per heavy atom. The predicted molar refractivity (Wildman–Crippen MR) is 79.2 cm³/mol. The van der Waals surface area contributed by atoms with Crippen molar-refractivity contribution in [3.63, 3.8) is 0 Å². The highest BCUT2D eigenvalue weighted by Gasteiger charge is 2.19. The lowest BCUT2D eigenvalue weighted by atomic mass is 9.93. The van der Waals surface area contributed by atoms with Crippen LogP contribution in [0, 0.1) is 5.41 Å². The van der Waals surface area contributed by atoms with Gasteiger partial charge >= 0.3 is 0 Å². The van der Waals surface area contributed by atoms with E-state index in [2.05, 4.69) is 36.7 Å². The normalized spacial score (nSPS) is 11.9. The minimum atomic E-state index is 0.148. The highest BCUT2D eigenvalue weighted by molar-refractivity contribution is 5.17. The van der Waals surface area contributed by atoms with E-state index >= 15 is 0 Å². The molecule has 2 N–H and O–H groups in total. The van der Waals surface area contributed by atoms with Gasteiger partial charge in [0.25, 0.3) is 0 Å². The van der Waals surface area contributed by atoms with Crippen molar-refractivity contribution in [2.45, 2.75) is 33.7 Å². The molecule has 0 fully saturated rings. The number of hydrogen-bond acceptors (Lipinski definition) is 4. The van der Waals surface area contributed by atoms with Crippen molar-refractivity contribution in [2.24, 2.45) is 11.1 Å². The van der Waals surface area contributed by atoms with Crippen LogP contribution in [-0.2, 0) is 6.54 Å². The summed E-state index contributed by atoms with van der Waals surface area (Å²) in [5.74, 6) is 0.660. The number of rotatable bonds is 8. The Balaban J connectivity index is 2.66. The SMILES string of the molecule is CCCN(Cc1ccc(OC)nc1)CC(C)(C)CN. The van der Waals surface area contributed by atoms with Gasteiger partial charge in [0.1, 0.15) is 0 Å². The van der Waals surface area contributed by atoms with Crippen LogP contribution < -0.4 is 10.5 Å². The Labute approximate surface area is 117 Å². The van der Waals surface area contributed by atoms with Crippen LogP contribution in [0.5, 0.6) is 5.88 Å². The number of methoxy groups -OCH3 is 1. The van der Waals surface area contributed by atoms with Gasteiger partial charge in [0.05, 0.1) is 7.11 Å². The van der Waals surface area contributed by atoms with E-state index in [1.54, 1.807) is 7.11 Å². The van der Waals surface area contributed by atoms with Gasteiger partial charge in [0.2, 0.25) is 5.88 Å². The van der Waals surface area contributed by atoms with Gasteiger partial charge in [-0.25, -0.2) is 4.98 Å². The average molecular weight is 265 g/mol. The van der Waals surface area contributed by atoms with Crippen LogP contribution in [0.15, 0.2) is 18.3 Å². The smallest absolute Gasteiger partial charge is 0.212 e. The monoisotopic (exact) mass is 265 g/mol. The summed E-state index contributed by atoms with van der Waals surface area (Å²) in [5, 5.41) is 0. The number of ether oxygens (including phenoxy) is 1. The summed E-state index contributed by atoms with van der Waals surface area (Å²) in [4.78, 5) is 6.69. The van der Waals surface area contributed by atoms with Crippen LogP contribution in [0.2, 0.25) is 0 Å². The molecule has 0 aliphatic carbocycles. The number of hydrogen-bond donors (Lipinski definition) is 1. The van der Waals surface area contributed by atoms with E-state index in [-0.39, 0.29) is 5.41 Å². The Hall–Kier alpha value is -1.13. The molecule has 0 saturated carbocycles.